The number of benzene rings is 1. The molecule has 0 bridgehead atoms. The fourth-order valence-electron chi connectivity index (χ4n) is 2.70. The molecular weight excluding hydrogens is 326 g/mol. The van der Waals surface area contributed by atoms with Crippen LogP contribution in [0.25, 0.3) is 10.9 Å². The average molecular weight is 346 g/mol. The second-order valence-electron chi connectivity index (χ2n) is 5.49. The van der Waals surface area contributed by atoms with Crippen molar-refractivity contribution in [2.45, 2.75) is 19.5 Å². The van der Waals surface area contributed by atoms with Crippen LogP contribution in [0.3, 0.4) is 0 Å². The molecule has 8 heteroatoms. The van der Waals surface area contributed by atoms with Crippen LogP contribution in [0, 0.1) is 0 Å². The number of halogens is 2. The van der Waals surface area contributed by atoms with Crippen molar-refractivity contribution in [1.29, 1.82) is 0 Å². The van der Waals surface area contributed by atoms with Crippen LogP contribution in [-0.4, -0.2) is 34.1 Å². The lowest BCUT2D eigenvalue weighted by Gasteiger charge is -2.12. The Bertz CT molecular complexity index is 852. The number of hydrogen-bond donors (Lipinski definition) is 3. The van der Waals surface area contributed by atoms with Crippen molar-refractivity contribution in [1.82, 2.24) is 25.2 Å². The molecule has 6 nitrogen and oxygen atoms in total. The molecular formula is C17H20F2N6. The van der Waals surface area contributed by atoms with Gasteiger partial charge in [-0.2, -0.15) is 8.78 Å². The van der Waals surface area contributed by atoms with Crippen LogP contribution in [0.4, 0.5) is 8.78 Å². The zero-order chi connectivity index (χ0) is 17.6. The monoisotopic (exact) mass is 346 g/mol. The lowest BCUT2D eigenvalue weighted by atomic mass is 10.1. The maximum atomic E-state index is 12.8. The van der Waals surface area contributed by atoms with E-state index in [1.54, 1.807) is 7.05 Å². The number of alkyl halides is 2. The molecule has 1 aromatic carbocycles. The molecule has 0 amide bonds. The van der Waals surface area contributed by atoms with E-state index < -0.39 is 6.55 Å². The highest BCUT2D eigenvalue weighted by Crippen LogP contribution is 2.17. The Kier molecular flexibility index (Phi) is 5.27. The van der Waals surface area contributed by atoms with Crippen LogP contribution in [0.5, 0.6) is 0 Å². The van der Waals surface area contributed by atoms with E-state index in [-0.39, 0.29) is 12.4 Å². The number of hydrogen-bond acceptors (Lipinski definition) is 2. The average Bonchev–Trinajstić information content (AvgIpc) is 3.25. The minimum Gasteiger partial charge on any atom is -0.361 e. The Morgan fingerprint density at radius 2 is 2.16 bits per heavy atom. The molecule has 0 aliphatic carbocycles. The first-order valence-corrected chi connectivity index (χ1v) is 7.98. The van der Waals surface area contributed by atoms with E-state index >= 15 is 0 Å². The van der Waals surface area contributed by atoms with Gasteiger partial charge in [-0.25, -0.2) is 4.98 Å². The van der Waals surface area contributed by atoms with Crippen molar-refractivity contribution >= 4 is 16.9 Å². The lowest BCUT2D eigenvalue weighted by molar-refractivity contribution is 0.0668. The van der Waals surface area contributed by atoms with Gasteiger partial charge in [0, 0.05) is 43.1 Å². The van der Waals surface area contributed by atoms with Crippen molar-refractivity contribution in [3.8, 4) is 0 Å². The number of aromatic nitrogens is 3. The number of nitrogens with one attached hydrogen (secondary N) is 3. The van der Waals surface area contributed by atoms with Crippen molar-refractivity contribution in [3.05, 3.63) is 54.2 Å². The summed E-state index contributed by atoms with van der Waals surface area (Å²) >= 11 is 0. The van der Waals surface area contributed by atoms with Gasteiger partial charge >= 0.3 is 6.55 Å². The van der Waals surface area contributed by atoms with E-state index in [4.69, 9.17) is 0 Å². The predicted molar refractivity (Wildman–Crippen MR) is 93.7 cm³/mol. The SMILES string of the molecule is CN=C(NCCc1c[nH]c2ccccc12)NCc1nccn1C(F)F. The first-order chi connectivity index (χ1) is 12.2. The van der Waals surface area contributed by atoms with E-state index in [0.29, 0.717) is 12.5 Å². The fraction of sp³-hybridized carbons (Fsp3) is 0.294. The number of nitrogens with zero attached hydrogens (tertiary/aromatic N) is 3. The predicted octanol–water partition coefficient (Wildman–Crippen LogP) is 2.67. The number of para-hydroxylation sites is 1. The van der Waals surface area contributed by atoms with E-state index in [1.807, 2.05) is 24.4 Å². The highest BCUT2D eigenvalue weighted by molar-refractivity contribution is 5.83. The highest BCUT2D eigenvalue weighted by Gasteiger charge is 2.11. The third kappa shape index (κ3) is 3.96. The largest absolute Gasteiger partial charge is 0.361 e. The summed E-state index contributed by atoms with van der Waals surface area (Å²) in [7, 11) is 1.64. The molecule has 0 aliphatic rings. The number of rotatable bonds is 6. The molecule has 0 atom stereocenters. The number of imidazole rings is 1. The van der Waals surface area contributed by atoms with E-state index in [0.717, 1.165) is 16.5 Å². The molecule has 3 aromatic rings. The van der Waals surface area contributed by atoms with Gasteiger partial charge in [0.05, 0.1) is 6.54 Å². The number of guanidine groups is 1. The molecule has 2 heterocycles. The van der Waals surface area contributed by atoms with Gasteiger partial charge in [0.2, 0.25) is 0 Å². The summed E-state index contributed by atoms with van der Waals surface area (Å²) in [5.74, 6) is 0.804. The van der Waals surface area contributed by atoms with E-state index in [9.17, 15) is 8.78 Å². The molecule has 132 valence electrons. The summed E-state index contributed by atoms with van der Waals surface area (Å²) in [5.41, 5.74) is 2.32. The summed E-state index contributed by atoms with van der Waals surface area (Å²) in [6.07, 6.45) is 5.43. The Morgan fingerprint density at radius 1 is 1.32 bits per heavy atom. The van der Waals surface area contributed by atoms with Crippen LogP contribution in [0.15, 0.2) is 47.8 Å². The van der Waals surface area contributed by atoms with Crippen molar-refractivity contribution in [2.75, 3.05) is 13.6 Å². The molecule has 0 saturated heterocycles. The third-order valence-electron chi connectivity index (χ3n) is 3.96. The Labute approximate surface area is 144 Å². The second-order valence-corrected chi connectivity index (χ2v) is 5.49. The summed E-state index contributed by atoms with van der Waals surface area (Å²) in [4.78, 5) is 11.3. The minimum absolute atomic E-state index is 0.171. The zero-order valence-corrected chi connectivity index (χ0v) is 13.8. The molecule has 0 aliphatic heterocycles. The fourth-order valence-corrected chi connectivity index (χ4v) is 2.70. The van der Waals surface area contributed by atoms with Crippen molar-refractivity contribution < 1.29 is 8.78 Å². The van der Waals surface area contributed by atoms with Crippen LogP contribution >= 0.6 is 0 Å². The maximum absolute atomic E-state index is 12.8. The van der Waals surface area contributed by atoms with Gasteiger partial charge in [0.1, 0.15) is 5.82 Å². The number of aliphatic imine (C=N–C) groups is 1. The first-order valence-electron chi connectivity index (χ1n) is 7.98. The Hall–Kier alpha value is -2.90. The van der Waals surface area contributed by atoms with Crippen molar-refractivity contribution in [3.63, 3.8) is 0 Å². The third-order valence-corrected chi connectivity index (χ3v) is 3.96. The van der Waals surface area contributed by atoms with Crippen LogP contribution in [0.1, 0.15) is 17.9 Å². The standard InChI is InChI=1S/C17H20F2N6/c1-20-17(24-11-15-21-8-9-25(15)16(18)19)22-7-6-12-10-23-14-5-3-2-4-13(12)14/h2-5,8-10,16,23H,6-7,11H2,1H3,(H2,20,22,24). The number of fused-ring (bicyclic) bond motifs is 1. The molecule has 0 spiro atoms. The lowest BCUT2D eigenvalue weighted by Crippen LogP contribution is -2.38. The Morgan fingerprint density at radius 3 is 2.96 bits per heavy atom. The molecule has 0 unspecified atom stereocenters. The summed E-state index contributed by atoms with van der Waals surface area (Å²) in [5, 5.41) is 7.38. The molecule has 3 rings (SSSR count). The normalized spacial score (nSPS) is 12.1. The first kappa shape index (κ1) is 16.9. The van der Waals surface area contributed by atoms with E-state index in [1.165, 1.54) is 23.3 Å². The minimum atomic E-state index is -2.60. The highest BCUT2D eigenvalue weighted by atomic mass is 19.3. The number of H-pyrrole nitrogens is 1. The van der Waals surface area contributed by atoms with Gasteiger partial charge in [-0.1, -0.05) is 18.2 Å². The maximum Gasteiger partial charge on any atom is 0.319 e. The molecule has 2 aromatic heterocycles. The van der Waals surface area contributed by atoms with Gasteiger partial charge in [-0.15, -0.1) is 0 Å². The van der Waals surface area contributed by atoms with Gasteiger partial charge in [-0.3, -0.25) is 9.56 Å². The molecule has 0 saturated carbocycles. The number of aromatic amines is 1. The summed E-state index contributed by atoms with van der Waals surface area (Å²) < 4.78 is 26.4. The van der Waals surface area contributed by atoms with Gasteiger partial charge in [0.25, 0.3) is 0 Å². The quantitative estimate of drug-likeness (QED) is 0.475. The smallest absolute Gasteiger partial charge is 0.319 e. The van der Waals surface area contributed by atoms with Crippen LogP contribution in [0.2, 0.25) is 0 Å². The Balaban J connectivity index is 1.52. The van der Waals surface area contributed by atoms with Crippen molar-refractivity contribution in [2.24, 2.45) is 4.99 Å². The van der Waals surface area contributed by atoms with Gasteiger partial charge < -0.3 is 15.6 Å². The van der Waals surface area contributed by atoms with E-state index in [2.05, 4.69) is 31.7 Å². The van der Waals surface area contributed by atoms with Gasteiger partial charge in [-0.05, 0) is 18.1 Å². The summed E-state index contributed by atoms with van der Waals surface area (Å²) in [6, 6.07) is 8.13. The second kappa shape index (κ2) is 7.78. The summed E-state index contributed by atoms with van der Waals surface area (Å²) in [6.45, 7) is -1.76. The van der Waals surface area contributed by atoms with Gasteiger partial charge in [0.15, 0.2) is 5.96 Å². The molecule has 3 N–H and O–H groups in total. The molecule has 0 fully saturated rings. The topological polar surface area (TPSA) is 70.0 Å². The molecule has 0 radical (unpaired) electrons. The molecule has 25 heavy (non-hydrogen) atoms. The van der Waals surface area contributed by atoms with Crippen LogP contribution in [-0.2, 0) is 13.0 Å². The van der Waals surface area contributed by atoms with Crippen LogP contribution < -0.4 is 10.6 Å². The zero-order valence-electron chi connectivity index (χ0n) is 13.8.